The van der Waals surface area contributed by atoms with Crippen LogP contribution < -0.4 is 0 Å². The van der Waals surface area contributed by atoms with Crippen LogP contribution in [0.15, 0.2) is 0 Å². The number of carbonyl (C=O) groups excluding carboxylic acids is 1. The van der Waals surface area contributed by atoms with Crippen molar-refractivity contribution in [2.24, 2.45) is 0 Å². The van der Waals surface area contributed by atoms with E-state index in [-0.39, 0.29) is 0 Å². The second kappa shape index (κ2) is 3.91. The summed E-state index contributed by atoms with van der Waals surface area (Å²) in [6.45, 7) is 1.74. The Balaban J connectivity index is 4.09. The van der Waals surface area contributed by atoms with Gasteiger partial charge in [0.25, 0.3) is 5.24 Å². The van der Waals surface area contributed by atoms with Gasteiger partial charge >= 0.3 is 0 Å². The quantitative estimate of drug-likeness (QED) is 0.523. The molecule has 1 atom stereocenters. The Bertz CT molecular complexity index is 112. The summed E-state index contributed by atoms with van der Waals surface area (Å²) in [5.74, 6) is 0. The van der Waals surface area contributed by atoms with E-state index in [2.05, 4.69) is 0 Å². The number of carbonyl (C=O) groups is 1. The van der Waals surface area contributed by atoms with Gasteiger partial charge in [0.1, 0.15) is 0 Å². The molecule has 0 fully saturated rings. The summed E-state index contributed by atoms with van der Waals surface area (Å²) in [5, 5.41) is -0.619. The molecule has 1 nitrogen and oxygen atoms in total. The summed E-state index contributed by atoms with van der Waals surface area (Å²) in [7, 11) is 6.02. The normalized spacial score (nSPS) is 16.9. The molecule has 0 aliphatic heterocycles. The van der Waals surface area contributed by atoms with Gasteiger partial charge in [-0.25, -0.2) is 0 Å². The van der Waals surface area contributed by atoms with Crippen LogP contribution in [0.4, 0.5) is 0 Å². The molecule has 0 N–H and O–H groups in total. The lowest BCUT2D eigenvalue weighted by molar-refractivity contribution is -0.112. The van der Waals surface area contributed by atoms with E-state index >= 15 is 0 Å². The molecule has 0 aromatic carbocycles. The van der Waals surface area contributed by atoms with Crippen molar-refractivity contribution in [1.82, 2.24) is 0 Å². The van der Waals surface area contributed by atoms with Crippen LogP contribution >= 0.6 is 44.9 Å². The molecule has 9 heavy (non-hydrogen) atoms. The van der Waals surface area contributed by atoms with Crippen molar-refractivity contribution in [3.05, 3.63) is 0 Å². The molecule has 1 unspecified atom stereocenters. The maximum Gasteiger partial charge on any atom is 0.254 e. The molecule has 0 saturated heterocycles. The van der Waals surface area contributed by atoms with E-state index < -0.39 is 9.45 Å². The zero-order chi connectivity index (χ0) is 7.49. The van der Waals surface area contributed by atoms with Crippen LogP contribution in [0.1, 0.15) is 13.3 Å². The lowest BCUT2D eigenvalue weighted by Gasteiger charge is -2.14. The Morgan fingerprint density at radius 3 is 2.22 bits per heavy atom. The van der Waals surface area contributed by atoms with Crippen LogP contribution in [0.5, 0.6) is 0 Å². The predicted octanol–water partition coefficient (Wildman–Crippen LogP) is 2.98. The van der Waals surface area contributed by atoms with Gasteiger partial charge in [0.05, 0.1) is 0 Å². The number of hydrogen-bond acceptors (Lipinski definition) is 2. The monoisotopic (exact) mass is 206 g/mol. The van der Waals surface area contributed by atoms with Crippen molar-refractivity contribution < 1.29 is 4.79 Å². The maximum absolute atomic E-state index is 10.5. The average Bonchev–Trinajstić information content (AvgIpc) is 1.86. The van der Waals surface area contributed by atoms with E-state index in [1.54, 1.807) is 6.92 Å². The molecular formula is C4H5Cl3OS. The first-order valence-corrected chi connectivity index (χ1v) is 4.65. The van der Waals surface area contributed by atoms with E-state index in [1.807, 2.05) is 0 Å². The van der Waals surface area contributed by atoms with Gasteiger partial charge in [-0.05, 0) is 39.7 Å². The fourth-order valence-corrected chi connectivity index (χ4v) is 1.30. The second-order valence-electron chi connectivity index (χ2n) is 1.43. The van der Waals surface area contributed by atoms with E-state index in [4.69, 9.17) is 33.9 Å². The predicted molar refractivity (Wildman–Crippen MR) is 43.2 cm³/mol. The van der Waals surface area contributed by atoms with Crippen molar-refractivity contribution >= 4 is 50.1 Å². The zero-order valence-electron chi connectivity index (χ0n) is 4.66. The van der Waals surface area contributed by atoms with Crippen LogP contribution in [0.2, 0.25) is 0 Å². The topological polar surface area (TPSA) is 17.1 Å². The van der Waals surface area contributed by atoms with Gasteiger partial charge in [-0.2, -0.15) is 0 Å². The van der Waals surface area contributed by atoms with E-state index in [0.29, 0.717) is 6.42 Å². The van der Waals surface area contributed by atoms with Crippen molar-refractivity contribution in [3.8, 4) is 0 Å². The van der Waals surface area contributed by atoms with Gasteiger partial charge in [-0.1, -0.05) is 18.5 Å². The Morgan fingerprint density at radius 1 is 1.78 bits per heavy atom. The zero-order valence-corrected chi connectivity index (χ0v) is 7.74. The van der Waals surface area contributed by atoms with Gasteiger partial charge in [-0.15, -0.1) is 0 Å². The van der Waals surface area contributed by atoms with Crippen LogP contribution in [0.3, 0.4) is 0 Å². The molecule has 0 spiro atoms. The fraction of sp³-hybridized carbons (Fsp3) is 0.750. The molecule has 0 aliphatic rings. The van der Waals surface area contributed by atoms with E-state index in [1.165, 1.54) is 0 Å². The molecule has 0 radical (unpaired) electrons. The van der Waals surface area contributed by atoms with Gasteiger partial charge < -0.3 is 0 Å². The van der Waals surface area contributed by atoms with Crippen molar-refractivity contribution in [2.45, 2.75) is 17.6 Å². The largest absolute Gasteiger partial charge is 0.278 e. The molecule has 0 aromatic heterocycles. The Morgan fingerprint density at radius 2 is 2.22 bits per heavy atom. The summed E-state index contributed by atoms with van der Waals surface area (Å²) in [4.78, 5) is 10.5. The van der Waals surface area contributed by atoms with E-state index in [9.17, 15) is 4.79 Å². The number of halogens is 3. The van der Waals surface area contributed by atoms with Gasteiger partial charge in [0.15, 0.2) is 4.21 Å². The summed E-state index contributed by atoms with van der Waals surface area (Å²) >= 11 is 10.7. The first-order valence-electron chi connectivity index (χ1n) is 2.25. The minimum atomic E-state index is -1.14. The van der Waals surface area contributed by atoms with Gasteiger partial charge in [0, 0.05) is 0 Å². The highest BCUT2D eigenvalue weighted by atomic mass is 35.7. The molecule has 0 heterocycles. The third kappa shape index (κ3) is 2.54. The second-order valence-corrected chi connectivity index (χ2v) is 3.96. The molecule has 0 saturated carbocycles. The standard InChI is InChI=1S/C4H5Cl3OS/c1-2-4(6,9-7)3(5)8/h2H2,1H3. The summed E-state index contributed by atoms with van der Waals surface area (Å²) in [6.07, 6.45) is 0.422. The molecule has 0 amide bonds. The molecule has 0 aliphatic carbocycles. The van der Waals surface area contributed by atoms with Crippen molar-refractivity contribution in [2.75, 3.05) is 0 Å². The molecular weight excluding hydrogens is 202 g/mol. The summed E-state index contributed by atoms with van der Waals surface area (Å²) in [6, 6.07) is 0. The highest BCUT2D eigenvalue weighted by molar-refractivity contribution is 8.23. The first-order chi connectivity index (χ1) is 4.06. The molecule has 5 heteroatoms. The Hall–Kier alpha value is 0.890. The third-order valence-corrected chi connectivity index (χ3v) is 3.82. The van der Waals surface area contributed by atoms with Crippen LogP contribution in [0.25, 0.3) is 0 Å². The van der Waals surface area contributed by atoms with Gasteiger partial charge in [-0.3, -0.25) is 4.79 Å². The average molecular weight is 208 g/mol. The molecule has 54 valence electrons. The molecule has 0 aromatic rings. The lowest BCUT2D eigenvalue weighted by Crippen LogP contribution is -2.21. The number of alkyl halides is 1. The minimum Gasteiger partial charge on any atom is -0.278 e. The fourth-order valence-electron chi connectivity index (χ4n) is 0.224. The SMILES string of the molecule is CCC(Cl)(SCl)C(=O)Cl. The summed E-state index contributed by atoms with van der Waals surface area (Å²) in [5.41, 5.74) is 0. The van der Waals surface area contributed by atoms with Gasteiger partial charge in [0.2, 0.25) is 0 Å². The van der Waals surface area contributed by atoms with E-state index in [0.717, 1.165) is 11.0 Å². The highest BCUT2D eigenvalue weighted by Gasteiger charge is 2.32. The highest BCUT2D eigenvalue weighted by Crippen LogP contribution is 2.38. The lowest BCUT2D eigenvalue weighted by atomic mass is 10.3. The smallest absolute Gasteiger partial charge is 0.254 e. The summed E-state index contributed by atoms with van der Waals surface area (Å²) < 4.78 is -1.14. The third-order valence-electron chi connectivity index (χ3n) is 0.871. The maximum atomic E-state index is 10.5. The molecule has 0 rings (SSSR count). The number of rotatable bonds is 3. The van der Waals surface area contributed by atoms with Crippen LogP contribution in [-0.4, -0.2) is 9.45 Å². The van der Waals surface area contributed by atoms with Crippen LogP contribution in [0, 0.1) is 0 Å². The minimum absolute atomic E-state index is 0.422. The van der Waals surface area contributed by atoms with Crippen LogP contribution in [-0.2, 0) is 4.79 Å². The Labute approximate surface area is 72.5 Å². The molecule has 0 bridgehead atoms. The van der Waals surface area contributed by atoms with Crippen molar-refractivity contribution in [3.63, 3.8) is 0 Å². The first kappa shape index (κ1) is 9.89. The van der Waals surface area contributed by atoms with Crippen molar-refractivity contribution in [1.29, 1.82) is 0 Å². The number of hydrogen-bond donors (Lipinski definition) is 0. The Kier molecular flexibility index (Phi) is 4.30.